The Morgan fingerprint density at radius 3 is 2.73 bits per heavy atom. The molecule has 1 aromatic heterocycles. The van der Waals surface area contributed by atoms with E-state index in [2.05, 4.69) is 22.4 Å². The van der Waals surface area contributed by atoms with E-state index in [9.17, 15) is 4.79 Å². The van der Waals surface area contributed by atoms with Crippen LogP contribution in [0.1, 0.15) is 24.3 Å². The summed E-state index contributed by atoms with van der Waals surface area (Å²) in [5, 5.41) is 11.9. The average Bonchev–Trinajstić information content (AvgIpc) is 3.00. The number of carbonyl (C=O) groups excluding carboxylic acids is 1. The minimum absolute atomic E-state index is 0. The second-order valence-electron chi connectivity index (χ2n) is 5.47. The maximum absolute atomic E-state index is 12.6. The van der Waals surface area contributed by atoms with Gasteiger partial charge in [0.15, 0.2) is 5.69 Å². The second-order valence-corrected chi connectivity index (χ2v) is 5.47. The highest BCUT2D eigenvalue weighted by atomic mass is 35.5. The zero-order valence-corrected chi connectivity index (χ0v) is 13.5. The third kappa shape index (κ3) is 3.28. The highest BCUT2D eigenvalue weighted by molar-refractivity contribution is 5.92. The van der Waals surface area contributed by atoms with Crippen LogP contribution >= 0.6 is 12.4 Å². The molecule has 0 saturated carbocycles. The number of rotatable bonds is 2. The van der Waals surface area contributed by atoms with E-state index in [1.54, 1.807) is 0 Å². The molecular weight excluding hydrogens is 302 g/mol. The molecule has 22 heavy (non-hydrogen) atoms. The van der Waals surface area contributed by atoms with Gasteiger partial charge in [0.1, 0.15) is 0 Å². The molecule has 1 amide bonds. The summed E-state index contributed by atoms with van der Waals surface area (Å²) in [6.45, 7) is 5.61. The predicted molar refractivity (Wildman–Crippen MR) is 86.6 cm³/mol. The average molecular weight is 322 g/mol. The van der Waals surface area contributed by atoms with Crippen molar-refractivity contribution in [2.45, 2.75) is 25.9 Å². The van der Waals surface area contributed by atoms with Gasteiger partial charge in [0, 0.05) is 25.2 Å². The number of hydrogen-bond donors (Lipinski definition) is 1. The van der Waals surface area contributed by atoms with E-state index in [-0.39, 0.29) is 24.4 Å². The Bertz CT molecular complexity index is 630. The molecule has 1 N–H and O–H groups in total. The van der Waals surface area contributed by atoms with E-state index >= 15 is 0 Å². The van der Waals surface area contributed by atoms with Crippen LogP contribution < -0.4 is 5.32 Å². The third-order valence-corrected chi connectivity index (χ3v) is 3.72. The number of piperazine rings is 1. The van der Waals surface area contributed by atoms with Gasteiger partial charge < -0.3 is 10.2 Å². The van der Waals surface area contributed by atoms with Crippen LogP contribution in [0.4, 0.5) is 0 Å². The van der Waals surface area contributed by atoms with E-state index in [4.69, 9.17) is 0 Å². The van der Waals surface area contributed by atoms with Crippen LogP contribution in [0.5, 0.6) is 0 Å². The maximum Gasteiger partial charge on any atom is 0.276 e. The Morgan fingerprint density at radius 2 is 2.00 bits per heavy atom. The van der Waals surface area contributed by atoms with Crippen LogP contribution in [-0.2, 0) is 0 Å². The van der Waals surface area contributed by atoms with Crippen molar-refractivity contribution in [2.75, 3.05) is 13.1 Å². The van der Waals surface area contributed by atoms with Gasteiger partial charge in [-0.1, -0.05) is 18.2 Å². The molecule has 7 heteroatoms. The molecule has 6 nitrogen and oxygen atoms in total. The number of halogens is 1. The number of hydrogen-bond acceptors (Lipinski definition) is 4. The summed E-state index contributed by atoms with van der Waals surface area (Å²) in [6.07, 6.45) is 1.54. The van der Waals surface area contributed by atoms with Crippen molar-refractivity contribution in [3.63, 3.8) is 0 Å². The van der Waals surface area contributed by atoms with Crippen molar-refractivity contribution in [3.8, 4) is 5.69 Å². The van der Waals surface area contributed by atoms with Gasteiger partial charge >= 0.3 is 0 Å². The van der Waals surface area contributed by atoms with Crippen molar-refractivity contribution in [3.05, 3.63) is 42.2 Å². The Kier molecular flexibility index (Phi) is 5.15. The molecule has 2 heterocycles. The van der Waals surface area contributed by atoms with Crippen LogP contribution in [0.3, 0.4) is 0 Å². The van der Waals surface area contributed by atoms with Crippen LogP contribution in [0, 0.1) is 0 Å². The first-order valence-corrected chi connectivity index (χ1v) is 7.17. The summed E-state index contributed by atoms with van der Waals surface area (Å²) < 4.78 is 0. The molecule has 0 radical (unpaired) electrons. The molecule has 0 aliphatic carbocycles. The lowest BCUT2D eigenvalue weighted by Gasteiger charge is -2.37. The number of para-hydroxylation sites is 1. The van der Waals surface area contributed by atoms with E-state index in [1.807, 2.05) is 42.2 Å². The smallest absolute Gasteiger partial charge is 0.276 e. The fourth-order valence-electron chi connectivity index (χ4n) is 2.50. The van der Waals surface area contributed by atoms with E-state index in [0.717, 1.165) is 12.2 Å². The molecule has 1 aliphatic rings. The fourth-order valence-corrected chi connectivity index (χ4v) is 2.50. The molecule has 2 aromatic rings. The molecule has 2 unspecified atom stereocenters. The molecule has 1 saturated heterocycles. The van der Waals surface area contributed by atoms with Crippen LogP contribution in [0.2, 0.25) is 0 Å². The van der Waals surface area contributed by atoms with Crippen LogP contribution in [-0.4, -0.2) is 51.0 Å². The number of nitrogens with zero attached hydrogens (tertiary/aromatic N) is 4. The minimum atomic E-state index is -0.0574. The second kappa shape index (κ2) is 6.89. The predicted octanol–water partition coefficient (Wildman–Crippen LogP) is 1.51. The Hall–Kier alpha value is -1.92. The van der Waals surface area contributed by atoms with Gasteiger partial charge in [-0.05, 0) is 26.0 Å². The Labute approximate surface area is 135 Å². The maximum atomic E-state index is 12.6. The summed E-state index contributed by atoms with van der Waals surface area (Å²) in [7, 11) is 0. The minimum Gasteiger partial charge on any atom is -0.332 e. The van der Waals surface area contributed by atoms with Crippen molar-refractivity contribution < 1.29 is 4.79 Å². The van der Waals surface area contributed by atoms with E-state index < -0.39 is 0 Å². The topological polar surface area (TPSA) is 63.1 Å². The molecule has 2 atom stereocenters. The molecule has 1 aliphatic heterocycles. The monoisotopic (exact) mass is 321 g/mol. The molecule has 1 aromatic carbocycles. The van der Waals surface area contributed by atoms with E-state index in [1.165, 1.54) is 11.0 Å². The lowest BCUT2D eigenvalue weighted by molar-refractivity contribution is 0.0610. The zero-order valence-electron chi connectivity index (χ0n) is 12.6. The highest BCUT2D eigenvalue weighted by Crippen LogP contribution is 2.12. The first-order valence-electron chi connectivity index (χ1n) is 7.17. The van der Waals surface area contributed by atoms with Gasteiger partial charge in [-0.25, -0.2) is 0 Å². The molecule has 118 valence electrons. The highest BCUT2D eigenvalue weighted by Gasteiger charge is 2.28. The molecular formula is C15H20ClN5O. The first kappa shape index (κ1) is 16.5. The number of aromatic nitrogens is 3. The summed E-state index contributed by atoms with van der Waals surface area (Å²) in [5.74, 6) is -0.0574. The Morgan fingerprint density at radius 1 is 1.27 bits per heavy atom. The summed E-state index contributed by atoms with van der Waals surface area (Å²) in [4.78, 5) is 15.9. The van der Waals surface area contributed by atoms with Gasteiger partial charge in [0.25, 0.3) is 5.91 Å². The summed E-state index contributed by atoms with van der Waals surface area (Å²) in [6, 6.07) is 10.0. The number of carbonyl (C=O) groups is 1. The lowest BCUT2D eigenvalue weighted by Crippen LogP contribution is -2.56. The molecule has 1 fully saturated rings. The van der Waals surface area contributed by atoms with Crippen molar-refractivity contribution in [1.29, 1.82) is 0 Å². The fraction of sp³-hybridized carbons (Fsp3) is 0.400. The molecule has 0 bridgehead atoms. The van der Waals surface area contributed by atoms with Gasteiger partial charge in [-0.3, -0.25) is 4.79 Å². The SMILES string of the molecule is CC1CN(C(=O)c2cnn(-c3ccccc3)n2)C(C)CN1.Cl. The van der Waals surface area contributed by atoms with Crippen LogP contribution in [0.25, 0.3) is 5.69 Å². The van der Waals surface area contributed by atoms with Gasteiger partial charge in [-0.2, -0.15) is 9.90 Å². The summed E-state index contributed by atoms with van der Waals surface area (Å²) in [5.41, 5.74) is 1.23. The lowest BCUT2D eigenvalue weighted by atomic mass is 10.1. The number of nitrogens with one attached hydrogen (secondary N) is 1. The van der Waals surface area contributed by atoms with Crippen molar-refractivity contribution in [1.82, 2.24) is 25.2 Å². The number of amides is 1. The van der Waals surface area contributed by atoms with Crippen molar-refractivity contribution >= 4 is 18.3 Å². The Balaban J connectivity index is 0.00000176. The normalized spacial score (nSPS) is 21.3. The quantitative estimate of drug-likeness (QED) is 0.910. The zero-order chi connectivity index (χ0) is 14.8. The van der Waals surface area contributed by atoms with Crippen molar-refractivity contribution in [2.24, 2.45) is 0 Å². The molecule has 0 spiro atoms. The van der Waals surface area contributed by atoms with Gasteiger partial charge in [0.05, 0.1) is 11.9 Å². The largest absolute Gasteiger partial charge is 0.332 e. The first-order chi connectivity index (χ1) is 10.1. The standard InChI is InChI=1S/C15H19N5O.ClH/c1-11-10-19(12(2)8-16-11)15(21)14-9-17-20(18-14)13-6-4-3-5-7-13;/h3-7,9,11-12,16H,8,10H2,1-2H3;1H. The van der Waals surface area contributed by atoms with E-state index in [0.29, 0.717) is 18.3 Å². The van der Waals surface area contributed by atoms with Gasteiger partial charge in [0.2, 0.25) is 0 Å². The van der Waals surface area contributed by atoms with Crippen LogP contribution in [0.15, 0.2) is 36.5 Å². The van der Waals surface area contributed by atoms with Gasteiger partial charge in [-0.15, -0.1) is 17.5 Å². The summed E-state index contributed by atoms with van der Waals surface area (Å²) >= 11 is 0. The number of benzene rings is 1. The molecule has 3 rings (SSSR count). The third-order valence-electron chi connectivity index (χ3n) is 3.72.